The number of carbonyl (C=O) groups excluding carboxylic acids is 2. The molecule has 2 amide bonds. The topological polar surface area (TPSA) is 77.1 Å². The van der Waals surface area contributed by atoms with Gasteiger partial charge in [0.15, 0.2) is 11.5 Å². The van der Waals surface area contributed by atoms with Gasteiger partial charge in [0.1, 0.15) is 19.0 Å². The molecule has 2 atom stereocenters. The van der Waals surface area contributed by atoms with Gasteiger partial charge < -0.3 is 24.4 Å². The molecule has 2 aliphatic heterocycles. The first-order chi connectivity index (χ1) is 16.1. The number of benzene rings is 3. The molecule has 2 aliphatic rings. The molecule has 7 nitrogen and oxygen atoms in total. The standard InChI is InChI=1S/C26H24N2O5/c1-28-24(16-7-10-18(31-2)11-8-16)23(19-5-3-4-6-20(19)26(28)30)25(29)27-17-9-12-21-22(15-17)33-14-13-32-21/h3-12,15,23-24H,13-14H2,1-2H3,(H,27,29)/t23-,24-/m0/s1. The molecule has 0 fully saturated rings. The van der Waals surface area contributed by atoms with Gasteiger partial charge in [0, 0.05) is 24.4 Å². The number of hydrogen-bond donors (Lipinski definition) is 1. The molecule has 5 rings (SSSR count). The lowest BCUT2D eigenvalue weighted by Crippen LogP contribution is -2.44. The van der Waals surface area contributed by atoms with Crippen molar-refractivity contribution in [3.8, 4) is 17.2 Å². The number of nitrogens with zero attached hydrogens (tertiary/aromatic N) is 1. The molecule has 33 heavy (non-hydrogen) atoms. The largest absolute Gasteiger partial charge is 0.497 e. The van der Waals surface area contributed by atoms with E-state index in [2.05, 4.69) is 5.32 Å². The normalized spacial score (nSPS) is 19.0. The smallest absolute Gasteiger partial charge is 0.254 e. The number of hydrogen-bond acceptors (Lipinski definition) is 5. The molecular formula is C26H24N2O5. The van der Waals surface area contributed by atoms with Gasteiger partial charge in [0.05, 0.1) is 19.1 Å². The van der Waals surface area contributed by atoms with Crippen LogP contribution >= 0.6 is 0 Å². The van der Waals surface area contributed by atoms with Crippen LogP contribution in [0.5, 0.6) is 17.2 Å². The number of ether oxygens (including phenoxy) is 3. The van der Waals surface area contributed by atoms with Crippen molar-refractivity contribution in [1.82, 2.24) is 4.90 Å². The summed E-state index contributed by atoms with van der Waals surface area (Å²) in [5, 5.41) is 3.02. The molecule has 0 bridgehead atoms. The summed E-state index contributed by atoms with van der Waals surface area (Å²) in [5.74, 6) is 1.03. The van der Waals surface area contributed by atoms with Crippen LogP contribution in [0.25, 0.3) is 0 Å². The maximum Gasteiger partial charge on any atom is 0.254 e. The van der Waals surface area contributed by atoms with Gasteiger partial charge in [-0.25, -0.2) is 0 Å². The average molecular weight is 444 g/mol. The van der Waals surface area contributed by atoms with Crippen LogP contribution in [-0.2, 0) is 4.79 Å². The SMILES string of the molecule is COc1ccc([C@H]2[C@@H](C(=O)Nc3ccc4c(c3)OCCO4)c3ccccc3C(=O)N2C)cc1. The summed E-state index contributed by atoms with van der Waals surface area (Å²) < 4.78 is 16.5. The lowest BCUT2D eigenvalue weighted by atomic mass is 9.79. The fourth-order valence-corrected chi connectivity index (χ4v) is 4.52. The van der Waals surface area contributed by atoms with Gasteiger partial charge in [-0.15, -0.1) is 0 Å². The highest BCUT2D eigenvalue weighted by Gasteiger charge is 2.42. The van der Waals surface area contributed by atoms with Crippen molar-refractivity contribution in [3.63, 3.8) is 0 Å². The van der Waals surface area contributed by atoms with Crippen molar-refractivity contribution in [3.05, 3.63) is 83.4 Å². The predicted octanol–water partition coefficient (Wildman–Crippen LogP) is 4.02. The van der Waals surface area contributed by atoms with Gasteiger partial charge >= 0.3 is 0 Å². The van der Waals surface area contributed by atoms with Gasteiger partial charge in [-0.1, -0.05) is 30.3 Å². The minimum atomic E-state index is -0.606. The molecule has 0 aromatic heterocycles. The average Bonchev–Trinajstić information content (AvgIpc) is 2.86. The number of carbonyl (C=O) groups is 2. The van der Waals surface area contributed by atoms with E-state index < -0.39 is 12.0 Å². The van der Waals surface area contributed by atoms with E-state index in [0.29, 0.717) is 47.3 Å². The Morgan fingerprint density at radius 2 is 1.73 bits per heavy atom. The van der Waals surface area contributed by atoms with Crippen molar-refractivity contribution in [2.75, 3.05) is 32.7 Å². The van der Waals surface area contributed by atoms with Crippen LogP contribution in [0.4, 0.5) is 5.69 Å². The zero-order valence-corrected chi connectivity index (χ0v) is 18.4. The Bertz CT molecular complexity index is 1210. The number of likely N-dealkylation sites (N-methyl/N-ethyl adjacent to an activating group) is 1. The van der Waals surface area contributed by atoms with Crippen LogP contribution in [0.15, 0.2) is 66.7 Å². The maximum absolute atomic E-state index is 13.7. The summed E-state index contributed by atoms with van der Waals surface area (Å²) >= 11 is 0. The molecule has 3 aromatic rings. The molecular weight excluding hydrogens is 420 g/mol. The second kappa shape index (κ2) is 8.50. The van der Waals surface area contributed by atoms with Crippen molar-refractivity contribution >= 4 is 17.5 Å². The van der Waals surface area contributed by atoms with Crippen molar-refractivity contribution < 1.29 is 23.8 Å². The van der Waals surface area contributed by atoms with Crippen LogP contribution in [-0.4, -0.2) is 44.1 Å². The molecule has 0 saturated carbocycles. The second-order valence-corrected chi connectivity index (χ2v) is 8.05. The first kappa shape index (κ1) is 20.9. The quantitative estimate of drug-likeness (QED) is 0.658. The first-order valence-electron chi connectivity index (χ1n) is 10.8. The van der Waals surface area contributed by atoms with Gasteiger partial charge in [-0.2, -0.15) is 0 Å². The molecule has 2 heterocycles. The fourth-order valence-electron chi connectivity index (χ4n) is 4.52. The molecule has 0 spiro atoms. The van der Waals surface area contributed by atoms with Crippen LogP contribution in [0.2, 0.25) is 0 Å². The van der Waals surface area contributed by atoms with Gasteiger partial charge in [0.2, 0.25) is 5.91 Å². The van der Waals surface area contributed by atoms with Gasteiger partial charge in [-0.05, 0) is 41.5 Å². The van der Waals surface area contributed by atoms with Crippen molar-refractivity contribution in [1.29, 1.82) is 0 Å². The number of rotatable bonds is 4. The zero-order chi connectivity index (χ0) is 22.9. The number of fused-ring (bicyclic) bond motifs is 2. The Balaban J connectivity index is 1.54. The van der Waals surface area contributed by atoms with Crippen LogP contribution in [0, 0.1) is 0 Å². The minimum Gasteiger partial charge on any atom is -0.497 e. The molecule has 0 unspecified atom stereocenters. The van der Waals surface area contributed by atoms with Gasteiger partial charge in [-0.3, -0.25) is 9.59 Å². The first-order valence-corrected chi connectivity index (χ1v) is 10.8. The Morgan fingerprint density at radius 1 is 1.00 bits per heavy atom. The Hall–Kier alpha value is -4.00. The van der Waals surface area contributed by atoms with E-state index in [-0.39, 0.29) is 11.8 Å². The molecule has 0 saturated heterocycles. The summed E-state index contributed by atoms with van der Waals surface area (Å²) in [6.07, 6.45) is 0. The number of anilines is 1. The van der Waals surface area contributed by atoms with Crippen LogP contribution in [0.3, 0.4) is 0 Å². The Labute approximate surface area is 191 Å². The van der Waals surface area contributed by atoms with Crippen molar-refractivity contribution in [2.24, 2.45) is 0 Å². The third-order valence-corrected chi connectivity index (χ3v) is 6.13. The predicted molar refractivity (Wildman–Crippen MR) is 123 cm³/mol. The number of amides is 2. The molecule has 0 radical (unpaired) electrons. The molecule has 7 heteroatoms. The van der Waals surface area contributed by atoms with E-state index in [0.717, 1.165) is 5.56 Å². The molecule has 168 valence electrons. The molecule has 1 N–H and O–H groups in total. The summed E-state index contributed by atoms with van der Waals surface area (Å²) in [6.45, 7) is 0.967. The third kappa shape index (κ3) is 3.75. The Morgan fingerprint density at radius 3 is 2.48 bits per heavy atom. The van der Waals surface area contributed by atoms with E-state index in [9.17, 15) is 9.59 Å². The molecule has 0 aliphatic carbocycles. The van der Waals surface area contributed by atoms with Crippen molar-refractivity contribution in [2.45, 2.75) is 12.0 Å². The minimum absolute atomic E-state index is 0.116. The van der Waals surface area contributed by atoms with Crippen LogP contribution < -0.4 is 19.5 Å². The maximum atomic E-state index is 13.7. The number of methoxy groups -OCH3 is 1. The second-order valence-electron chi connectivity index (χ2n) is 8.05. The van der Waals surface area contributed by atoms with E-state index >= 15 is 0 Å². The highest BCUT2D eigenvalue weighted by molar-refractivity contribution is 6.04. The summed E-state index contributed by atoms with van der Waals surface area (Å²) in [7, 11) is 3.34. The molecule has 3 aromatic carbocycles. The highest BCUT2D eigenvalue weighted by atomic mass is 16.6. The summed E-state index contributed by atoms with van der Waals surface area (Å²) in [4.78, 5) is 28.5. The highest BCUT2D eigenvalue weighted by Crippen LogP contribution is 2.43. The van der Waals surface area contributed by atoms with E-state index in [4.69, 9.17) is 14.2 Å². The van der Waals surface area contributed by atoms with E-state index in [1.54, 1.807) is 43.3 Å². The monoisotopic (exact) mass is 444 g/mol. The lowest BCUT2D eigenvalue weighted by Gasteiger charge is -2.39. The zero-order valence-electron chi connectivity index (χ0n) is 18.4. The summed E-state index contributed by atoms with van der Waals surface area (Å²) in [5.41, 5.74) is 2.70. The van der Waals surface area contributed by atoms with Crippen LogP contribution in [0.1, 0.15) is 33.4 Å². The van der Waals surface area contributed by atoms with E-state index in [1.807, 2.05) is 42.5 Å². The lowest BCUT2D eigenvalue weighted by molar-refractivity contribution is -0.119. The fraction of sp³-hybridized carbons (Fsp3) is 0.231. The van der Waals surface area contributed by atoms with E-state index in [1.165, 1.54) is 0 Å². The number of nitrogens with one attached hydrogen (secondary N) is 1. The third-order valence-electron chi connectivity index (χ3n) is 6.13. The summed E-state index contributed by atoms with van der Waals surface area (Å²) in [6, 6.07) is 19.6. The Kier molecular flexibility index (Phi) is 5.38. The van der Waals surface area contributed by atoms with Gasteiger partial charge in [0.25, 0.3) is 5.91 Å².